The van der Waals surface area contributed by atoms with Gasteiger partial charge in [0.15, 0.2) is 0 Å². The van der Waals surface area contributed by atoms with Crippen molar-refractivity contribution in [1.29, 1.82) is 0 Å². The highest BCUT2D eigenvalue weighted by molar-refractivity contribution is 6.12. The zero-order chi connectivity index (χ0) is 14.2. The molecule has 2 heteroatoms. The molecule has 0 aliphatic heterocycles. The van der Waals surface area contributed by atoms with Gasteiger partial charge in [0.1, 0.15) is 11.4 Å². The highest BCUT2D eigenvalue weighted by Crippen LogP contribution is 2.35. The van der Waals surface area contributed by atoms with E-state index < -0.39 is 0 Å². The molecule has 0 unspecified atom stereocenters. The Bertz CT molecular complexity index is 960. The quantitative estimate of drug-likeness (QED) is 0.506. The first-order valence-electron chi connectivity index (χ1n) is 6.89. The van der Waals surface area contributed by atoms with Crippen LogP contribution in [0.2, 0.25) is 0 Å². The molecule has 0 fully saturated rings. The number of fused-ring (bicyclic) bond motifs is 3. The van der Waals surface area contributed by atoms with Crippen LogP contribution in [0.15, 0.2) is 72.9 Å². The van der Waals surface area contributed by atoms with Crippen LogP contribution < -0.4 is 0 Å². The van der Waals surface area contributed by atoms with Crippen LogP contribution in [0, 0.1) is 0 Å². The molecule has 0 saturated heterocycles. The maximum atomic E-state index is 10.1. The van der Waals surface area contributed by atoms with Gasteiger partial charge < -0.3 is 5.11 Å². The lowest BCUT2D eigenvalue weighted by Gasteiger charge is -2.09. The van der Waals surface area contributed by atoms with Crippen LogP contribution in [-0.2, 0) is 0 Å². The highest BCUT2D eigenvalue weighted by Gasteiger charge is 2.10. The molecule has 0 bridgehead atoms. The van der Waals surface area contributed by atoms with Gasteiger partial charge in [-0.05, 0) is 33.7 Å². The first-order valence-corrected chi connectivity index (χ1v) is 6.89. The molecule has 2 nitrogen and oxygen atoms in total. The first-order chi connectivity index (χ1) is 10.3. The number of aromatic nitrogens is 1. The third-order valence-electron chi connectivity index (χ3n) is 3.83. The van der Waals surface area contributed by atoms with Crippen molar-refractivity contribution >= 4 is 21.5 Å². The summed E-state index contributed by atoms with van der Waals surface area (Å²) in [5.41, 5.74) is 1.58. The molecule has 0 amide bonds. The third-order valence-corrected chi connectivity index (χ3v) is 3.83. The van der Waals surface area contributed by atoms with Gasteiger partial charge in [-0.3, -0.25) is 4.98 Å². The third kappa shape index (κ3) is 1.84. The summed E-state index contributed by atoms with van der Waals surface area (Å²) in [4.78, 5) is 4.33. The summed E-state index contributed by atoms with van der Waals surface area (Å²) in [6.45, 7) is 0. The van der Waals surface area contributed by atoms with Gasteiger partial charge in [0.25, 0.3) is 0 Å². The molecule has 4 aromatic rings. The van der Waals surface area contributed by atoms with Gasteiger partial charge in [-0.1, -0.05) is 54.6 Å². The van der Waals surface area contributed by atoms with E-state index >= 15 is 0 Å². The summed E-state index contributed by atoms with van der Waals surface area (Å²) >= 11 is 0. The topological polar surface area (TPSA) is 33.1 Å². The average Bonchev–Trinajstić information content (AvgIpc) is 2.55. The van der Waals surface area contributed by atoms with Crippen molar-refractivity contribution in [2.45, 2.75) is 0 Å². The molecular formula is C19H13NO. The minimum absolute atomic E-state index is 0.207. The predicted molar refractivity (Wildman–Crippen MR) is 86.3 cm³/mol. The molecule has 3 aromatic carbocycles. The fourth-order valence-electron chi connectivity index (χ4n) is 2.85. The van der Waals surface area contributed by atoms with Crippen molar-refractivity contribution in [2.24, 2.45) is 0 Å². The number of nitrogens with zero attached hydrogens (tertiary/aromatic N) is 1. The lowest BCUT2D eigenvalue weighted by atomic mass is 9.96. The van der Waals surface area contributed by atoms with Crippen LogP contribution >= 0.6 is 0 Å². The maximum absolute atomic E-state index is 10.1. The zero-order valence-electron chi connectivity index (χ0n) is 11.3. The largest absolute Gasteiger partial charge is 0.506 e. The second-order valence-corrected chi connectivity index (χ2v) is 5.06. The van der Waals surface area contributed by atoms with Crippen LogP contribution in [0.25, 0.3) is 32.8 Å². The number of hydrogen-bond acceptors (Lipinski definition) is 2. The zero-order valence-corrected chi connectivity index (χ0v) is 11.3. The predicted octanol–water partition coefficient (Wildman–Crippen LogP) is 4.76. The molecule has 100 valence electrons. The molecule has 0 aliphatic carbocycles. The molecule has 1 heterocycles. The Kier molecular flexibility index (Phi) is 2.61. The Labute approximate surface area is 122 Å². The van der Waals surface area contributed by atoms with E-state index in [1.165, 1.54) is 16.2 Å². The molecule has 0 spiro atoms. The Morgan fingerprint density at radius 1 is 0.667 bits per heavy atom. The second-order valence-electron chi connectivity index (χ2n) is 5.06. The van der Waals surface area contributed by atoms with Gasteiger partial charge in [-0.25, -0.2) is 0 Å². The number of benzene rings is 3. The van der Waals surface area contributed by atoms with Crippen molar-refractivity contribution < 1.29 is 5.11 Å². The fraction of sp³-hybridized carbons (Fsp3) is 0. The Balaban J connectivity index is 2.12. The van der Waals surface area contributed by atoms with Gasteiger partial charge in [0.05, 0.1) is 0 Å². The normalized spacial score (nSPS) is 11.0. The van der Waals surface area contributed by atoms with E-state index in [4.69, 9.17) is 0 Å². The van der Waals surface area contributed by atoms with E-state index in [0.29, 0.717) is 5.69 Å². The Hall–Kier alpha value is -2.87. The van der Waals surface area contributed by atoms with Gasteiger partial charge in [0, 0.05) is 11.8 Å². The summed E-state index contributed by atoms with van der Waals surface area (Å²) in [5.74, 6) is 0.207. The lowest BCUT2D eigenvalue weighted by molar-refractivity contribution is 0.475. The first kappa shape index (κ1) is 11.9. The minimum Gasteiger partial charge on any atom is -0.506 e. The van der Waals surface area contributed by atoms with Crippen molar-refractivity contribution in [3.05, 3.63) is 72.9 Å². The highest BCUT2D eigenvalue weighted by atomic mass is 16.3. The maximum Gasteiger partial charge on any atom is 0.141 e. The van der Waals surface area contributed by atoms with Crippen LogP contribution in [-0.4, -0.2) is 10.1 Å². The van der Waals surface area contributed by atoms with Crippen molar-refractivity contribution in [3.63, 3.8) is 0 Å². The monoisotopic (exact) mass is 271 g/mol. The molecule has 1 N–H and O–H groups in total. The summed E-state index contributed by atoms with van der Waals surface area (Å²) < 4.78 is 0. The van der Waals surface area contributed by atoms with Gasteiger partial charge >= 0.3 is 0 Å². The molecular weight excluding hydrogens is 258 g/mol. The summed E-state index contributed by atoms with van der Waals surface area (Å²) in [7, 11) is 0. The van der Waals surface area contributed by atoms with Crippen LogP contribution in [0.1, 0.15) is 0 Å². The van der Waals surface area contributed by atoms with Crippen molar-refractivity contribution in [2.75, 3.05) is 0 Å². The smallest absolute Gasteiger partial charge is 0.141 e. The molecule has 21 heavy (non-hydrogen) atoms. The SMILES string of the molecule is Oc1cccnc1-c1cccc2c1ccc1ccccc12. The summed E-state index contributed by atoms with van der Waals surface area (Å²) in [6.07, 6.45) is 1.70. The lowest BCUT2D eigenvalue weighted by Crippen LogP contribution is -1.86. The van der Waals surface area contributed by atoms with Gasteiger partial charge in [-0.15, -0.1) is 0 Å². The van der Waals surface area contributed by atoms with E-state index in [2.05, 4.69) is 35.3 Å². The number of hydrogen-bond donors (Lipinski definition) is 1. The number of aromatic hydroxyl groups is 1. The van der Waals surface area contributed by atoms with E-state index in [0.717, 1.165) is 10.9 Å². The number of pyridine rings is 1. The Morgan fingerprint density at radius 3 is 2.43 bits per heavy atom. The van der Waals surface area contributed by atoms with Crippen LogP contribution in [0.5, 0.6) is 5.75 Å². The Morgan fingerprint density at radius 2 is 1.52 bits per heavy atom. The molecule has 0 aliphatic rings. The van der Waals surface area contributed by atoms with Gasteiger partial charge in [0.2, 0.25) is 0 Å². The second kappa shape index (κ2) is 4.60. The summed E-state index contributed by atoms with van der Waals surface area (Å²) in [6, 6.07) is 22.1. The van der Waals surface area contributed by atoms with Crippen molar-refractivity contribution in [1.82, 2.24) is 4.98 Å². The fourth-order valence-corrected chi connectivity index (χ4v) is 2.85. The van der Waals surface area contributed by atoms with Gasteiger partial charge in [-0.2, -0.15) is 0 Å². The number of rotatable bonds is 1. The van der Waals surface area contributed by atoms with E-state index in [1.54, 1.807) is 18.3 Å². The van der Waals surface area contributed by atoms with Crippen LogP contribution in [0.4, 0.5) is 0 Å². The van der Waals surface area contributed by atoms with E-state index in [-0.39, 0.29) is 5.75 Å². The van der Waals surface area contributed by atoms with Crippen LogP contribution in [0.3, 0.4) is 0 Å². The molecule has 0 saturated carbocycles. The average molecular weight is 271 g/mol. The minimum atomic E-state index is 0.207. The van der Waals surface area contributed by atoms with E-state index in [9.17, 15) is 5.11 Å². The molecule has 4 rings (SSSR count). The molecule has 0 atom stereocenters. The molecule has 0 radical (unpaired) electrons. The summed E-state index contributed by atoms with van der Waals surface area (Å²) in [5, 5.41) is 14.8. The molecule has 1 aromatic heterocycles. The standard InChI is InChI=1S/C19H13NO/c21-18-9-4-12-20-19(18)17-8-3-7-15-14-6-2-1-5-13(14)10-11-16(15)17/h1-12,21H. The van der Waals surface area contributed by atoms with Crippen molar-refractivity contribution in [3.8, 4) is 17.0 Å². The van der Waals surface area contributed by atoms with E-state index in [1.807, 2.05) is 24.3 Å².